The van der Waals surface area contributed by atoms with Gasteiger partial charge in [-0.05, 0) is 60.9 Å². The van der Waals surface area contributed by atoms with Gasteiger partial charge in [-0.3, -0.25) is 4.79 Å². The molecule has 0 radical (unpaired) electrons. The zero-order valence-electron chi connectivity index (χ0n) is 14.3. The molecule has 0 aromatic heterocycles. The number of benzene rings is 2. The maximum atomic E-state index is 12.3. The lowest BCUT2D eigenvalue weighted by Gasteiger charge is -2.21. The van der Waals surface area contributed by atoms with Crippen LogP contribution in [0, 0.1) is 0 Å². The van der Waals surface area contributed by atoms with Crippen LogP contribution in [0.3, 0.4) is 0 Å². The molecule has 126 valence electrons. The summed E-state index contributed by atoms with van der Waals surface area (Å²) in [5.74, 6) is 0.569. The summed E-state index contributed by atoms with van der Waals surface area (Å²) < 4.78 is 0. The third kappa shape index (κ3) is 4.41. The molecule has 1 aliphatic carbocycles. The quantitative estimate of drug-likeness (QED) is 0.757. The van der Waals surface area contributed by atoms with E-state index in [1.54, 1.807) is 11.8 Å². The van der Waals surface area contributed by atoms with Crippen molar-refractivity contribution in [2.75, 3.05) is 5.75 Å². The molecule has 0 saturated heterocycles. The number of aryl methyl sites for hydroxylation is 2. The van der Waals surface area contributed by atoms with Gasteiger partial charge in [0.25, 0.3) is 0 Å². The predicted octanol–water partition coefficient (Wildman–Crippen LogP) is 4.93. The Morgan fingerprint density at radius 1 is 1.08 bits per heavy atom. The highest BCUT2D eigenvalue weighted by Gasteiger charge is 2.16. The third-order valence-corrected chi connectivity index (χ3v) is 5.64. The lowest BCUT2D eigenvalue weighted by Crippen LogP contribution is -2.29. The van der Waals surface area contributed by atoms with Crippen molar-refractivity contribution in [3.63, 3.8) is 0 Å². The van der Waals surface area contributed by atoms with E-state index in [0.717, 1.165) is 11.3 Å². The molecule has 0 heterocycles. The predicted molar refractivity (Wildman–Crippen MR) is 101 cm³/mol. The van der Waals surface area contributed by atoms with Gasteiger partial charge in [-0.15, -0.1) is 11.8 Å². The van der Waals surface area contributed by atoms with Crippen LogP contribution < -0.4 is 5.32 Å². The minimum Gasteiger partial charge on any atom is -0.349 e. The summed E-state index contributed by atoms with van der Waals surface area (Å²) in [5, 5.41) is 3.20. The molecule has 3 heteroatoms. The van der Waals surface area contributed by atoms with Crippen LogP contribution in [0.25, 0.3) is 0 Å². The van der Waals surface area contributed by atoms with E-state index >= 15 is 0 Å². The lowest BCUT2D eigenvalue weighted by atomic mass is 9.89. The van der Waals surface area contributed by atoms with E-state index in [0.29, 0.717) is 5.75 Å². The van der Waals surface area contributed by atoms with E-state index < -0.39 is 0 Å². The number of nitrogens with one attached hydrogen (secondary N) is 1. The van der Waals surface area contributed by atoms with Crippen molar-refractivity contribution in [3.8, 4) is 0 Å². The second kappa shape index (κ2) is 8.39. The zero-order chi connectivity index (χ0) is 16.8. The standard InChI is InChI=1S/C21H25NOS/c1-2-20(18-13-12-16-8-6-7-9-17(16)14-18)22-21(23)15-24-19-10-4-3-5-11-19/h3-5,10-14,20H,2,6-9,15H2,1H3,(H,22,23)/t20-/m1/s1. The van der Waals surface area contributed by atoms with E-state index in [2.05, 4.69) is 30.4 Å². The minimum absolute atomic E-state index is 0.105. The largest absolute Gasteiger partial charge is 0.349 e. The Bertz CT molecular complexity index is 683. The van der Waals surface area contributed by atoms with Crippen molar-refractivity contribution >= 4 is 17.7 Å². The van der Waals surface area contributed by atoms with Crippen molar-refractivity contribution in [1.82, 2.24) is 5.32 Å². The molecule has 1 aliphatic rings. The van der Waals surface area contributed by atoms with Crippen LogP contribution in [0.1, 0.15) is 48.9 Å². The Labute approximate surface area is 149 Å². The maximum Gasteiger partial charge on any atom is 0.230 e. The highest BCUT2D eigenvalue weighted by Crippen LogP contribution is 2.26. The molecule has 1 amide bonds. The fraction of sp³-hybridized carbons (Fsp3) is 0.381. The van der Waals surface area contributed by atoms with E-state index in [1.165, 1.54) is 42.4 Å². The fourth-order valence-electron chi connectivity index (χ4n) is 3.29. The summed E-state index contributed by atoms with van der Waals surface area (Å²) in [4.78, 5) is 13.4. The Balaban J connectivity index is 1.60. The van der Waals surface area contributed by atoms with Gasteiger partial charge in [-0.25, -0.2) is 0 Å². The summed E-state index contributed by atoms with van der Waals surface area (Å²) in [7, 11) is 0. The molecule has 2 aromatic rings. The number of carbonyl (C=O) groups excluding carboxylic acids is 1. The summed E-state index contributed by atoms with van der Waals surface area (Å²) in [6, 6.07) is 17.0. The van der Waals surface area contributed by atoms with Crippen molar-refractivity contribution in [3.05, 3.63) is 65.2 Å². The summed E-state index contributed by atoms with van der Waals surface area (Å²) in [6.45, 7) is 2.13. The van der Waals surface area contributed by atoms with Crippen molar-refractivity contribution in [1.29, 1.82) is 0 Å². The first-order valence-corrected chi connectivity index (χ1v) is 9.83. The average Bonchev–Trinajstić information content (AvgIpc) is 2.65. The minimum atomic E-state index is 0.105. The number of amides is 1. The van der Waals surface area contributed by atoms with Gasteiger partial charge in [0.15, 0.2) is 0 Å². The van der Waals surface area contributed by atoms with Crippen molar-refractivity contribution in [2.24, 2.45) is 0 Å². The van der Waals surface area contributed by atoms with Crippen molar-refractivity contribution < 1.29 is 4.79 Å². The van der Waals surface area contributed by atoms with Crippen LogP contribution in [-0.4, -0.2) is 11.7 Å². The van der Waals surface area contributed by atoms with E-state index in [1.807, 2.05) is 30.3 Å². The summed E-state index contributed by atoms with van der Waals surface area (Å²) in [6.07, 6.45) is 5.88. The molecule has 0 fully saturated rings. The highest BCUT2D eigenvalue weighted by molar-refractivity contribution is 8.00. The number of thioether (sulfide) groups is 1. The van der Waals surface area contributed by atoms with Gasteiger partial charge in [-0.1, -0.05) is 43.3 Å². The first kappa shape index (κ1) is 17.1. The molecule has 0 aliphatic heterocycles. The van der Waals surface area contributed by atoms with Crippen LogP contribution in [-0.2, 0) is 17.6 Å². The second-order valence-corrected chi connectivity index (χ2v) is 7.41. The molecule has 3 rings (SSSR count). The van der Waals surface area contributed by atoms with Crippen molar-refractivity contribution in [2.45, 2.75) is 50.0 Å². The van der Waals surface area contributed by atoms with Gasteiger partial charge in [0, 0.05) is 4.90 Å². The van der Waals surface area contributed by atoms with Crippen LogP contribution in [0.15, 0.2) is 53.4 Å². The van der Waals surface area contributed by atoms with E-state index in [-0.39, 0.29) is 11.9 Å². The van der Waals surface area contributed by atoms with Crippen LogP contribution in [0.5, 0.6) is 0 Å². The normalized spacial score (nSPS) is 14.7. The SMILES string of the molecule is CC[C@@H](NC(=O)CSc1ccccc1)c1ccc2c(c1)CCCC2. The molecule has 0 spiro atoms. The lowest BCUT2D eigenvalue weighted by molar-refractivity contribution is -0.119. The first-order chi connectivity index (χ1) is 11.8. The van der Waals surface area contributed by atoms with E-state index in [9.17, 15) is 4.79 Å². The highest BCUT2D eigenvalue weighted by atomic mass is 32.2. The number of hydrogen-bond acceptors (Lipinski definition) is 2. The van der Waals surface area contributed by atoms with Gasteiger partial charge in [-0.2, -0.15) is 0 Å². The smallest absolute Gasteiger partial charge is 0.230 e. The van der Waals surface area contributed by atoms with Crippen LogP contribution in [0.4, 0.5) is 0 Å². The molecule has 1 atom stereocenters. The number of rotatable bonds is 6. The molecule has 2 nitrogen and oxygen atoms in total. The van der Waals surface area contributed by atoms with Gasteiger partial charge in [0.1, 0.15) is 0 Å². The number of carbonyl (C=O) groups is 1. The second-order valence-electron chi connectivity index (χ2n) is 6.37. The fourth-order valence-corrected chi connectivity index (χ4v) is 4.02. The molecule has 0 unspecified atom stereocenters. The summed E-state index contributed by atoms with van der Waals surface area (Å²) in [5.41, 5.74) is 4.21. The summed E-state index contributed by atoms with van der Waals surface area (Å²) >= 11 is 1.59. The van der Waals surface area contributed by atoms with Gasteiger partial charge < -0.3 is 5.32 Å². The third-order valence-electron chi connectivity index (χ3n) is 4.63. The topological polar surface area (TPSA) is 29.1 Å². The van der Waals surface area contributed by atoms with Crippen LogP contribution in [0.2, 0.25) is 0 Å². The van der Waals surface area contributed by atoms with Crippen LogP contribution >= 0.6 is 11.8 Å². The Hall–Kier alpha value is -1.74. The molecule has 0 saturated carbocycles. The molecule has 24 heavy (non-hydrogen) atoms. The Kier molecular flexibility index (Phi) is 5.97. The zero-order valence-corrected chi connectivity index (χ0v) is 15.1. The molecule has 0 bridgehead atoms. The first-order valence-electron chi connectivity index (χ1n) is 8.85. The number of fused-ring (bicyclic) bond motifs is 1. The van der Waals surface area contributed by atoms with Gasteiger partial charge in [0.05, 0.1) is 11.8 Å². The van der Waals surface area contributed by atoms with E-state index in [4.69, 9.17) is 0 Å². The molecule has 1 N–H and O–H groups in total. The van der Waals surface area contributed by atoms with Gasteiger partial charge in [0.2, 0.25) is 5.91 Å². The Morgan fingerprint density at radius 2 is 1.83 bits per heavy atom. The Morgan fingerprint density at radius 3 is 2.58 bits per heavy atom. The monoisotopic (exact) mass is 339 g/mol. The molecular weight excluding hydrogens is 314 g/mol. The van der Waals surface area contributed by atoms with Gasteiger partial charge >= 0.3 is 0 Å². The molecular formula is C21H25NOS. The molecule has 2 aromatic carbocycles. The average molecular weight is 340 g/mol. The number of hydrogen-bond donors (Lipinski definition) is 1. The maximum absolute atomic E-state index is 12.3.